The Bertz CT molecular complexity index is 534. The zero-order chi connectivity index (χ0) is 14.6. The molecular formula is C18H28BrN3. The fourth-order valence-corrected chi connectivity index (χ4v) is 4.93. The highest BCUT2D eigenvalue weighted by atomic mass is 79.9. The number of fused-ring (bicyclic) bond motifs is 4. The van der Waals surface area contributed by atoms with Gasteiger partial charge < -0.3 is 22.3 Å². The van der Waals surface area contributed by atoms with E-state index in [1.54, 1.807) is 16.2 Å². The van der Waals surface area contributed by atoms with Crippen LogP contribution in [0.25, 0.3) is 0 Å². The number of nitrogens with zero attached hydrogens (tertiary/aromatic N) is 1. The van der Waals surface area contributed by atoms with E-state index in [-0.39, 0.29) is 17.0 Å². The highest BCUT2D eigenvalue weighted by Gasteiger charge is 2.51. The van der Waals surface area contributed by atoms with Crippen LogP contribution in [-0.2, 0) is 0 Å². The summed E-state index contributed by atoms with van der Waals surface area (Å²) >= 11 is 0. The fourth-order valence-electron chi connectivity index (χ4n) is 4.93. The van der Waals surface area contributed by atoms with Gasteiger partial charge in [0, 0.05) is 25.6 Å². The molecule has 3 heterocycles. The molecule has 3 nitrogen and oxygen atoms in total. The summed E-state index contributed by atoms with van der Waals surface area (Å²) in [6.07, 6.45) is 11.1. The molecule has 4 rings (SSSR count). The van der Waals surface area contributed by atoms with Gasteiger partial charge in [0.1, 0.15) is 17.9 Å². The summed E-state index contributed by atoms with van der Waals surface area (Å²) < 4.78 is 0. The van der Waals surface area contributed by atoms with Crippen molar-refractivity contribution in [3.63, 3.8) is 0 Å². The second-order valence-electron chi connectivity index (χ2n) is 7.37. The molecule has 1 fully saturated rings. The minimum atomic E-state index is 0. The summed E-state index contributed by atoms with van der Waals surface area (Å²) in [4.78, 5) is 4.39. The van der Waals surface area contributed by atoms with Gasteiger partial charge in [0.2, 0.25) is 0 Å². The molecule has 4 heteroatoms. The second kappa shape index (κ2) is 6.23. The maximum atomic E-state index is 3.79. The number of quaternary nitrogens is 1. The molecule has 0 aromatic carbocycles. The Labute approximate surface area is 144 Å². The third kappa shape index (κ3) is 2.44. The van der Waals surface area contributed by atoms with Gasteiger partial charge in [-0.3, -0.25) is 9.80 Å². The molecule has 3 unspecified atom stereocenters. The van der Waals surface area contributed by atoms with Crippen LogP contribution in [0.15, 0.2) is 35.2 Å². The standard InChI is InChI=1S/C18H27N3.BrH/c1-12(2)20-9-8-19-17-13(3)11-21-15-7-5-4-6-14(15)10-16(21)18(17)20;/h5,7,11-12,16-19H,4,6,8-10H2,1-3H3;1H/t16-,17?,18?;/m0./s1. The molecule has 2 N–H and O–H groups in total. The molecule has 0 amide bonds. The van der Waals surface area contributed by atoms with E-state index >= 15 is 0 Å². The third-order valence-corrected chi connectivity index (χ3v) is 5.86. The number of nitrogens with one attached hydrogen (secondary N) is 2. The zero-order valence-corrected chi connectivity index (χ0v) is 15.5. The molecule has 4 aliphatic rings. The number of allylic oxidation sites excluding steroid dienone is 2. The lowest BCUT2D eigenvalue weighted by Crippen LogP contribution is -3.12. The number of hydrogen-bond acceptors (Lipinski definition) is 2. The van der Waals surface area contributed by atoms with Gasteiger partial charge in [-0.1, -0.05) is 6.08 Å². The molecule has 0 spiro atoms. The van der Waals surface area contributed by atoms with Crippen LogP contribution in [0, 0.1) is 0 Å². The molecule has 0 aromatic heterocycles. The van der Waals surface area contributed by atoms with Crippen molar-refractivity contribution < 1.29 is 21.9 Å². The number of piperazine rings is 1. The maximum Gasteiger partial charge on any atom is 0.135 e. The highest BCUT2D eigenvalue weighted by Crippen LogP contribution is 2.32. The summed E-state index contributed by atoms with van der Waals surface area (Å²) in [6.45, 7) is 9.36. The van der Waals surface area contributed by atoms with Gasteiger partial charge in [-0.25, -0.2) is 0 Å². The van der Waals surface area contributed by atoms with E-state index < -0.39 is 0 Å². The van der Waals surface area contributed by atoms with Crippen molar-refractivity contribution in [1.29, 1.82) is 0 Å². The molecule has 1 saturated heterocycles. The molecule has 1 aliphatic carbocycles. The summed E-state index contributed by atoms with van der Waals surface area (Å²) in [5.74, 6) is 0. The average molecular weight is 366 g/mol. The minimum absolute atomic E-state index is 0. The predicted octanol–water partition coefficient (Wildman–Crippen LogP) is -1.78. The Morgan fingerprint density at radius 1 is 1.36 bits per heavy atom. The zero-order valence-electron chi connectivity index (χ0n) is 13.9. The summed E-state index contributed by atoms with van der Waals surface area (Å²) in [6, 6.07) is 2.56. The van der Waals surface area contributed by atoms with E-state index in [2.05, 4.69) is 49.3 Å². The summed E-state index contributed by atoms with van der Waals surface area (Å²) in [5.41, 5.74) is 4.83. The maximum absolute atomic E-state index is 3.79. The Kier molecular flexibility index (Phi) is 4.66. The van der Waals surface area contributed by atoms with Crippen LogP contribution in [0.1, 0.15) is 40.0 Å². The van der Waals surface area contributed by atoms with E-state index in [1.807, 2.05) is 0 Å². The van der Waals surface area contributed by atoms with Crippen molar-refractivity contribution >= 4 is 0 Å². The molecule has 4 atom stereocenters. The molecular weight excluding hydrogens is 338 g/mol. The average Bonchev–Trinajstić information content (AvgIpc) is 2.85. The molecule has 0 saturated carbocycles. The first kappa shape index (κ1) is 16.4. The van der Waals surface area contributed by atoms with Crippen molar-refractivity contribution in [2.45, 2.75) is 64.2 Å². The smallest absolute Gasteiger partial charge is 0.135 e. The topological polar surface area (TPSA) is 19.7 Å². The van der Waals surface area contributed by atoms with Crippen LogP contribution < -0.4 is 27.2 Å². The van der Waals surface area contributed by atoms with E-state index in [4.69, 9.17) is 0 Å². The van der Waals surface area contributed by atoms with Gasteiger partial charge in [-0.15, -0.1) is 0 Å². The van der Waals surface area contributed by atoms with Crippen LogP contribution in [-0.4, -0.2) is 42.2 Å². The molecule has 0 bridgehead atoms. The Morgan fingerprint density at radius 3 is 2.95 bits per heavy atom. The van der Waals surface area contributed by atoms with Crippen molar-refractivity contribution in [1.82, 2.24) is 10.2 Å². The summed E-state index contributed by atoms with van der Waals surface area (Å²) in [7, 11) is 0. The Balaban J connectivity index is 0.00000144. The number of halogens is 1. The Hall–Kier alpha value is -0.420. The van der Waals surface area contributed by atoms with Crippen molar-refractivity contribution in [3.05, 3.63) is 35.2 Å². The van der Waals surface area contributed by atoms with Gasteiger partial charge >= 0.3 is 0 Å². The Morgan fingerprint density at radius 2 is 2.18 bits per heavy atom. The van der Waals surface area contributed by atoms with Gasteiger partial charge in [0.05, 0.1) is 12.1 Å². The van der Waals surface area contributed by atoms with Gasteiger partial charge in [-0.2, -0.15) is 0 Å². The molecule has 122 valence electrons. The van der Waals surface area contributed by atoms with Crippen molar-refractivity contribution in [3.8, 4) is 0 Å². The van der Waals surface area contributed by atoms with Crippen LogP contribution in [0.2, 0.25) is 0 Å². The first-order chi connectivity index (χ1) is 10.2. The molecule has 3 aliphatic heterocycles. The minimum Gasteiger partial charge on any atom is -1.00 e. The van der Waals surface area contributed by atoms with Crippen molar-refractivity contribution in [2.24, 2.45) is 0 Å². The second-order valence-corrected chi connectivity index (χ2v) is 7.37. The van der Waals surface area contributed by atoms with Gasteiger partial charge in [0.25, 0.3) is 0 Å². The monoisotopic (exact) mass is 365 g/mol. The highest BCUT2D eigenvalue weighted by molar-refractivity contribution is 5.31. The van der Waals surface area contributed by atoms with Gasteiger partial charge in [0.15, 0.2) is 0 Å². The number of hydrogen-bond donors (Lipinski definition) is 2. The fraction of sp³-hybridized carbons (Fsp3) is 0.667. The van der Waals surface area contributed by atoms with Crippen LogP contribution in [0.4, 0.5) is 0 Å². The SMILES string of the molecule is CC1=C[NH+]2C3=C(CCC=C3)C[C@H]2C2C1NCCN2C(C)C.[Br-]. The number of rotatable bonds is 1. The quantitative estimate of drug-likeness (QED) is 0.572. The molecule has 22 heavy (non-hydrogen) atoms. The van der Waals surface area contributed by atoms with E-state index in [1.165, 1.54) is 31.4 Å². The van der Waals surface area contributed by atoms with Gasteiger partial charge in [-0.05, 0) is 50.8 Å². The van der Waals surface area contributed by atoms with Crippen molar-refractivity contribution in [2.75, 3.05) is 13.1 Å². The van der Waals surface area contributed by atoms with E-state index in [9.17, 15) is 0 Å². The normalized spacial score (nSPS) is 37.4. The van der Waals surface area contributed by atoms with E-state index in [0.717, 1.165) is 6.54 Å². The molecule has 0 aromatic rings. The summed E-state index contributed by atoms with van der Waals surface area (Å²) in [5, 5.41) is 3.79. The lowest BCUT2D eigenvalue weighted by atomic mass is 9.85. The van der Waals surface area contributed by atoms with Crippen LogP contribution in [0.3, 0.4) is 0 Å². The lowest BCUT2D eigenvalue weighted by Gasteiger charge is -2.49. The first-order valence-corrected chi connectivity index (χ1v) is 8.60. The van der Waals surface area contributed by atoms with Crippen LogP contribution >= 0.6 is 0 Å². The first-order valence-electron chi connectivity index (χ1n) is 8.60. The largest absolute Gasteiger partial charge is 1.00 e. The third-order valence-electron chi connectivity index (χ3n) is 5.86. The lowest BCUT2D eigenvalue weighted by molar-refractivity contribution is -0.831. The molecule has 0 radical (unpaired) electrons. The predicted molar refractivity (Wildman–Crippen MR) is 85.9 cm³/mol. The van der Waals surface area contributed by atoms with E-state index in [0.29, 0.717) is 24.2 Å². The van der Waals surface area contributed by atoms with Crippen LogP contribution in [0.5, 0.6) is 0 Å².